The van der Waals surface area contributed by atoms with Gasteiger partial charge in [0.25, 0.3) is 0 Å². The first-order valence-corrected chi connectivity index (χ1v) is 7.73. The number of benzene rings is 2. The van der Waals surface area contributed by atoms with Gasteiger partial charge in [0.1, 0.15) is 0 Å². The zero-order chi connectivity index (χ0) is 18.0. The fourth-order valence-corrected chi connectivity index (χ4v) is 2.83. The average molecular weight is 341 g/mol. The molecule has 1 heterocycles. The van der Waals surface area contributed by atoms with Crippen molar-refractivity contribution in [1.82, 2.24) is 0 Å². The van der Waals surface area contributed by atoms with E-state index in [0.29, 0.717) is 29.3 Å². The lowest BCUT2D eigenvalue weighted by molar-refractivity contribution is -0.115. The van der Waals surface area contributed by atoms with Gasteiger partial charge in [0.2, 0.25) is 5.91 Å². The first-order chi connectivity index (χ1) is 12.0. The number of urea groups is 1. The van der Waals surface area contributed by atoms with Gasteiger partial charge >= 0.3 is 6.03 Å². The van der Waals surface area contributed by atoms with Crippen LogP contribution in [0.3, 0.4) is 0 Å². The van der Waals surface area contributed by atoms with Gasteiger partial charge in [0.15, 0.2) is 11.5 Å². The van der Waals surface area contributed by atoms with Gasteiger partial charge in [-0.1, -0.05) is 0 Å². The average Bonchev–Trinajstić information content (AvgIpc) is 2.93. The summed E-state index contributed by atoms with van der Waals surface area (Å²) < 4.78 is 10.6. The maximum Gasteiger partial charge on any atom is 0.323 e. The summed E-state index contributed by atoms with van der Waals surface area (Å²) in [6, 6.07) is 8.40. The Morgan fingerprint density at radius 1 is 1.08 bits per heavy atom. The van der Waals surface area contributed by atoms with Crippen LogP contribution in [0.2, 0.25) is 0 Å². The van der Waals surface area contributed by atoms with E-state index in [1.54, 1.807) is 44.6 Å². The van der Waals surface area contributed by atoms with Crippen LogP contribution in [0.25, 0.3) is 0 Å². The van der Waals surface area contributed by atoms with Crippen LogP contribution < -0.4 is 25.4 Å². The summed E-state index contributed by atoms with van der Waals surface area (Å²) in [5.41, 5.74) is 3.70. The van der Waals surface area contributed by atoms with Gasteiger partial charge in [0, 0.05) is 23.1 Å². The molecular formula is C18H19N3O4. The molecule has 0 aliphatic carbocycles. The molecule has 7 nitrogen and oxygen atoms in total. The Morgan fingerprint density at radius 3 is 2.56 bits per heavy atom. The van der Waals surface area contributed by atoms with Crippen molar-refractivity contribution in [3.63, 3.8) is 0 Å². The lowest BCUT2D eigenvalue weighted by Gasteiger charge is -2.14. The molecule has 1 aliphatic rings. The lowest BCUT2D eigenvalue weighted by Crippen LogP contribution is -2.19. The molecule has 25 heavy (non-hydrogen) atoms. The maximum atomic E-state index is 12.2. The van der Waals surface area contributed by atoms with Crippen molar-refractivity contribution >= 4 is 29.0 Å². The highest BCUT2D eigenvalue weighted by molar-refractivity contribution is 6.02. The molecule has 3 amide bonds. The summed E-state index contributed by atoms with van der Waals surface area (Å²) in [6.45, 7) is 1.87. The van der Waals surface area contributed by atoms with Crippen LogP contribution in [0, 0.1) is 6.92 Å². The number of carbonyl (C=O) groups excluding carboxylic acids is 2. The number of carbonyl (C=O) groups is 2. The van der Waals surface area contributed by atoms with Gasteiger partial charge in [-0.25, -0.2) is 4.79 Å². The number of fused-ring (bicyclic) bond motifs is 1. The molecule has 0 spiro atoms. The number of rotatable bonds is 4. The Morgan fingerprint density at radius 2 is 1.84 bits per heavy atom. The second-order valence-corrected chi connectivity index (χ2v) is 5.70. The van der Waals surface area contributed by atoms with Crippen molar-refractivity contribution in [1.29, 1.82) is 0 Å². The van der Waals surface area contributed by atoms with E-state index in [1.807, 2.05) is 6.92 Å². The number of anilines is 3. The number of hydrogen-bond donors (Lipinski definition) is 3. The van der Waals surface area contributed by atoms with Gasteiger partial charge in [0.05, 0.1) is 20.6 Å². The zero-order valence-corrected chi connectivity index (χ0v) is 14.2. The van der Waals surface area contributed by atoms with Gasteiger partial charge in [-0.15, -0.1) is 0 Å². The van der Waals surface area contributed by atoms with Gasteiger partial charge in [-0.3, -0.25) is 4.79 Å². The second kappa shape index (κ2) is 6.72. The fourth-order valence-electron chi connectivity index (χ4n) is 2.83. The summed E-state index contributed by atoms with van der Waals surface area (Å²) in [5, 5.41) is 8.28. The highest BCUT2D eigenvalue weighted by atomic mass is 16.5. The molecule has 0 saturated heterocycles. The summed E-state index contributed by atoms with van der Waals surface area (Å²) >= 11 is 0. The van der Waals surface area contributed by atoms with Crippen molar-refractivity contribution < 1.29 is 19.1 Å². The van der Waals surface area contributed by atoms with E-state index in [4.69, 9.17) is 9.47 Å². The molecule has 2 aromatic rings. The third-order valence-corrected chi connectivity index (χ3v) is 3.91. The predicted molar refractivity (Wildman–Crippen MR) is 95.7 cm³/mol. The van der Waals surface area contributed by atoms with Crippen molar-refractivity contribution in [2.75, 3.05) is 30.2 Å². The Hall–Kier alpha value is -3.22. The van der Waals surface area contributed by atoms with E-state index in [9.17, 15) is 9.59 Å². The summed E-state index contributed by atoms with van der Waals surface area (Å²) in [5.74, 6) is 1.13. The third kappa shape index (κ3) is 3.50. The van der Waals surface area contributed by atoms with Crippen LogP contribution in [-0.2, 0) is 11.2 Å². The molecule has 2 aromatic carbocycles. The molecule has 0 aromatic heterocycles. The third-order valence-electron chi connectivity index (χ3n) is 3.91. The Balaban J connectivity index is 1.72. The van der Waals surface area contributed by atoms with E-state index >= 15 is 0 Å². The number of methoxy groups -OCH3 is 2. The first kappa shape index (κ1) is 16.6. The molecule has 7 heteroatoms. The number of nitrogens with one attached hydrogen (secondary N) is 3. The van der Waals surface area contributed by atoms with Gasteiger partial charge in [-0.2, -0.15) is 0 Å². The van der Waals surface area contributed by atoms with Gasteiger partial charge < -0.3 is 25.4 Å². The molecule has 1 aliphatic heterocycles. The van der Waals surface area contributed by atoms with Crippen molar-refractivity contribution in [3.05, 3.63) is 41.5 Å². The van der Waals surface area contributed by atoms with E-state index in [1.165, 1.54) is 0 Å². The smallest absolute Gasteiger partial charge is 0.323 e. The van der Waals surface area contributed by atoms with E-state index < -0.39 is 0 Å². The molecule has 0 fully saturated rings. The SMILES string of the molecule is COc1cc(NC(=O)Nc2ccc3c(c2)CC(=O)N3)cc(C)c1OC. The Kier molecular flexibility index (Phi) is 4.47. The molecule has 0 radical (unpaired) electrons. The van der Waals surface area contributed by atoms with Crippen molar-refractivity contribution in [2.24, 2.45) is 0 Å². The number of aryl methyl sites for hydroxylation is 1. The Labute approximate surface area is 145 Å². The largest absolute Gasteiger partial charge is 0.493 e. The first-order valence-electron chi connectivity index (χ1n) is 7.73. The normalized spacial score (nSPS) is 12.2. The van der Waals surface area contributed by atoms with Crippen molar-refractivity contribution in [2.45, 2.75) is 13.3 Å². The maximum absolute atomic E-state index is 12.2. The highest BCUT2D eigenvalue weighted by Crippen LogP contribution is 2.34. The quantitative estimate of drug-likeness (QED) is 0.797. The molecule has 0 saturated carbocycles. The minimum Gasteiger partial charge on any atom is -0.493 e. The standard InChI is InChI=1S/C18H19N3O4/c1-10-6-13(9-15(24-2)17(10)25-3)20-18(23)19-12-4-5-14-11(7-12)8-16(22)21-14/h4-7,9H,8H2,1-3H3,(H,21,22)(H2,19,20,23). The topological polar surface area (TPSA) is 88.7 Å². The number of amides is 3. The molecule has 0 bridgehead atoms. The van der Waals surface area contributed by atoms with E-state index in [0.717, 1.165) is 16.8 Å². The minimum absolute atomic E-state index is 0.0441. The van der Waals surface area contributed by atoms with Crippen LogP contribution in [0.1, 0.15) is 11.1 Å². The van der Waals surface area contributed by atoms with Crippen molar-refractivity contribution in [3.8, 4) is 11.5 Å². The fraction of sp³-hybridized carbons (Fsp3) is 0.222. The van der Waals surface area contributed by atoms with Gasteiger partial charge in [-0.05, 0) is 42.3 Å². The van der Waals surface area contributed by atoms with E-state index in [-0.39, 0.29) is 11.9 Å². The molecular weight excluding hydrogens is 322 g/mol. The van der Waals surface area contributed by atoms with E-state index in [2.05, 4.69) is 16.0 Å². The molecule has 0 atom stereocenters. The number of hydrogen-bond acceptors (Lipinski definition) is 4. The van der Waals surface area contributed by atoms with Crippen LogP contribution in [0.15, 0.2) is 30.3 Å². The van der Waals surface area contributed by atoms with Crippen LogP contribution in [0.4, 0.5) is 21.9 Å². The summed E-state index contributed by atoms with van der Waals surface area (Å²) in [4.78, 5) is 23.6. The molecule has 3 rings (SSSR count). The van der Waals surface area contributed by atoms with Crippen LogP contribution in [0.5, 0.6) is 11.5 Å². The highest BCUT2D eigenvalue weighted by Gasteiger charge is 2.18. The molecule has 3 N–H and O–H groups in total. The predicted octanol–water partition coefficient (Wildman–Crippen LogP) is 3.15. The zero-order valence-electron chi connectivity index (χ0n) is 14.2. The Bertz CT molecular complexity index is 848. The summed E-state index contributed by atoms with van der Waals surface area (Å²) in [7, 11) is 3.11. The van der Waals surface area contributed by atoms with Crippen LogP contribution in [-0.4, -0.2) is 26.2 Å². The second-order valence-electron chi connectivity index (χ2n) is 5.70. The number of ether oxygens (including phenoxy) is 2. The molecule has 0 unspecified atom stereocenters. The summed E-state index contributed by atoms with van der Waals surface area (Å²) in [6.07, 6.45) is 0.321. The monoisotopic (exact) mass is 341 g/mol. The minimum atomic E-state index is -0.385. The molecule has 130 valence electrons. The van der Waals surface area contributed by atoms with Crippen LogP contribution >= 0.6 is 0 Å². The lowest BCUT2D eigenvalue weighted by atomic mass is 10.1.